The van der Waals surface area contributed by atoms with Gasteiger partial charge < -0.3 is 15.0 Å². The Bertz CT molecular complexity index is 1080. The first-order chi connectivity index (χ1) is 14.4. The van der Waals surface area contributed by atoms with E-state index in [2.05, 4.69) is 15.3 Å². The number of H-pyrrole nitrogens is 1. The number of nitrogens with zero attached hydrogens (tertiary/aromatic N) is 1. The van der Waals surface area contributed by atoms with E-state index in [1.807, 2.05) is 37.3 Å². The number of hydrogen-bond acceptors (Lipinski definition) is 5. The van der Waals surface area contributed by atoms with Gasteiger partial charge in [-0.2, -0.15) is 0 Å². The molecule has 3 aromatic rings. The lowest BCUT2D eigenvalue weighted by Gasteiger charge is -2.16. The fraction of sp³-hybridized carbons (Fsp3) is 0.304. The number of fused-ring (bicyclic) bond motifs is 1. The molecule has 2 atom stereocenters. The molecule has 2 aromatic carbocycles. The lowest BCUT2D eigenvalue weighted by molar-refractivity contribution is -0.154. The van der Waals surface area contributed by atoms with Crippen molar-refractivity contribution in [1.82, 2.24) is 15.3 Å². The van der Waals surface area contributed by atoms with Gasteiger partial charge in [0.05, 0.1) is 17.3 Å². The van der Waals surface area contributed by atoms with E-state index in [1.165, 1.54) is 6.92 Å². The summed E-state index contributed by atoms with van der Waals surface area (Å²) in [7, 11) is 0. The Balaban J connectivity index is 1.47. The van der Waals surface area contributed by atoms with E-state index in [4.69, 9.17) is 4.74 Å². The number of aromatic nitrogens is 2. The maximum absolute atomic E-state index is 12.2. The molecule has 0 fully saturated rings. The average Bonchev–Trinajstić information content (AvgIpc) is 2.76. The molecule has 30 heavy (non-hydrogen) atoms. The lowest BCUT2D eigenvalue weighted by Crippen LogP contribution is -2.37. The molecule has 0 aliphatic heterocycles. The third-order valence-corrected chi connectivity index (χ3v) is 4.86. The molecule has 0 unspecified atom stereocenters. The van der Waals surface area contributed by atoms with Gasteiger partial charge >= 0.3 is 5.97 Å². The number of ether oxygens (including phenoxy) is 1. The van der Waals surface area contributed by atoms with Crippen molar-refractivity contribution >= 4 is 22.8 Å². The predicted molar refractivity (Wildman–Crippen MR) is 114 cm³/mol. The van der Waals surface area contributed by atoms with Crippen LogP contribution in [0.1, 0.15) is 37.6 Å². The van der Waals surface area contributed by atoms with Crippen molar-refractivity contribution < 1.29 is 14.3 Å². The van der Waals surface area contributed by atoms with Gasteiger partial charge in [-0.15, -0.1) is 0 Å². The van der Waals surface area contributed by atoms with Crippen LogP contribution < -0.4 is 10.9 Å². The van der Waals surface area contributed by atoms with Gasteiger partial charge in [-0.1, -0.05) is 49.4 Å². The Labute approximate surface area is 174 Å². The summed E-state index contributed by atoms with van der Waals surface area (Å²) in [5.74, 6) is -0.314. The third-order valence-electron chi connectivity index (χ3n) is 4.86. The highest BCUT2D eigenvalue weighted by molar-refractivity contribution is 5.83. The Kier molecular flexibility index (Phi) is 6.95. The van der Waals surface area contributed by atoms with Crippen molar-refractivity contribution in [2.45, 2.75) is 38.7 Å². The second kappa shape index (κ2) is 9.82. The zero-order valence-corrected chi connectivity index (χ0v) is 17.1. The zero-order valence-electron chi connectivity index (χ0n) is 17.1. The molecule has 156 valence electrons. The minimum Gasteiger partial charge on any atom is -0.453 e. The molecule has 3 rings (SSSR count). The minimum atomic E-state index is -0.899. The highest BCUT2D eigenvalue weighted by Gasteiger charge is 2.19. The number of aryl methyl sites for hydroxylation is 1. The van der Waals surface area contributed by atoms with Crippen LogP contribution in [0.3, 0.4) is 0 Å². The van der Waals surface area contributed by atoms with Gasteiger partial charge in [-0.3, -0.25) is 14.4 Å². The Morgan fingerprint density at radius 3 is 2.53 bits per heavy atom. The first kappa shape index (κ1) is 21.2. The molecule has 0 saturated carbocycles. The fourth-order valence-electron chi connectivity index (χ4n) is 3.08. The number of hydrogen-bond donors (Lipinski definition) is 2. The molecule has 2 N–H and O–H groups in total. The molecule has 1 aromatic heterocycles. The maximum Gasteiger partial charge on any atom is 0.307 e. The van der Waals surface area contributed by atoms with Crippen LogP contribution in [0.2, 0.25) is 0 Å². The molecule has 0 saturated heterocycles. The van der Waals surface area contributed by atoms with Crippen LogP contribution >= 0.6 is 0 Å². The van der Waals surface area contributed by atoms with Gasteiger partial charge in [-0.05, 0) is 30.5 Å². The van der Waals surface area contributed by atoms with E-state index in [9.17, 15) is 14.4 Å². The van der Waals surface area contributed by atoms with Crippen molar-refractivity contribution in [3.05, 3.63) is 76.3 Å². The van der Waals surface area contributed by atoms with E-state index in [1.54, 1.807) is 24.3 Å². The highest BCUT2D eigenvalue weighted by Crippen LogP contribution is 2.13. The van der Waals surface area contributed by atoms with Crippen LogP contribution in [0.5, 0.6) is 0 Å². The summed E-state index contributed by atoms with van der Waals surface area (Å²) in [4.78, 5) is 43.5. The van der Waals surface area contributed by atoms with Crippen molar-refractivity contribution in [1.29, 1.82) is 0 Å². The number of nitrogens with one attached hydrogen (secondary N) is 2. The van der Waals surface area contributed by atoms with Crippen LogP contribution in [-0.2, 0) is 20.7 Å². The second-order valence-electron chi connectivity index (χ2n) is 7.22. The summed E-state index contributed by atoms with van der Waals surface area (Å²) in [5.41, 5.74) is 1.45. The highest BCUT2D eigenvalue weighted by atomic mass is 16.5. The molecule has 0 aliphatic rings. The van der Waals surface area contributed by atoms with E-state index in [0.717, 1.165) is 5.56 Å². The van der Waals surface area contributed by atoms with Gasteiger partial charge in [0.25, 0.3) is 11.5 Å². The van der Waals surface area contributed by atoms with Crippen LogP contribution in [0.25, 0.3) is 10.9 Å². The summed E-state index contributed by atoms with van der Waals surface area (Å²) in [6.45, 7) is 4.01. The average molecular weight is 407 g/mol. The summed E-state index contributed by atoms with van der Waals surface area (Å²) < 4.78 is 5.22. The van der Waals surface area contributed by atoms with Crippen LogP contribution in [0, 0.1) is 0 Å². The number of para-hydroxylation sites is 1. The van der Waals surface area contributed by atoms with Gasteiger partial charge in [0.1, 0.15) is 5.82 Å². The molecule has 1 heterocycles. The quantitative estimate of drug-likeness (QED) is 0.559. The van der Waals surface area contributed by atoms with Crippen LogP contribution in [0.4, 0.5) is 0 Å². The standard InChI is InChI=1S/C23H25N3O4/c1-15(17-8-4-3-5-9-17)14-24-22(28)16(2)30-21(27)13-12-20-25-19-11-7-6-10-18(19)23(29)26-20/h3-11,15-16H,12-14H2,1-2H3,(H,24,28)(H,25,26,29)/t15-,16+/m1/s1. The number of carbonyl (C=O) groups is 2. The lowest BCUT2D eigenvalue weighted by atomic mass is 10.0. The molecule has 0 aliphatic carbocycles. The summed E-state index contributed by atoms with van der Waals surface area (Å²) in [5, 5.41) is 3.31. The minimum absolute atomic E-state index is 0.0132. The number of carbonyl (C=O) groups excluding carboxylic acids is 2. The summed E-state index contributed by atoms with van der Waals surface area (Å²) >= 11 is 0. The number of aromatic amines is 1. The Hall–Kier alpha value is -3.48. The SMILES string of the molecule is C[C@H](OC(=O)CCc1nc2ccccc2c(=O)[nH]1)C(=O)NC[C@@H](C)c1ccccc1. The van der Waals surface area contributed by atoms with Crippen LogP contribution in [-0.4, -0.2) is 34.5 Å². The Morgan fingerprint density at radius 2 is 1.77 bits per heavy atom. The number of amides is 1. The molecule has 0 radical (unpaired) electrons. The van der Waals surface area contributed by atoms with Gasteiger partial charge in [0, 0.05) is 13.0 Å². The summed E-state index contributed by atoms with van der Waals surface area (Å²) in [6, 6.07) is 16.9. The molecule has 1 amide bonds. The second-order valence-corrected chi connectivity index (χ2v) is 7.22. The number of benzene rings is 2. The zero-order chi connectivity index (χ0) is 21.5. The molecular formula is C23H25N3O4. The van der Waals surface area contributed by atoms with Crippen LogP contribution in [0.15, 0.2) is 59.4 Å². The van der Waals surface area contributed by atoms with Crippen molar-refractivity contribution in [3.8, 4) is 0 Å². The van der Waals surface area contributed by atoms with E-state index in [-0.39, 0.29) is 30.2 Å². The van der Waals surface area contributed by atoms with Crippen molar-refractivity contribution in [2.75, 3.05) is 6.54 Å². The Morgan fingerprint density at radius 1 is 1.07 bits per heavy atom. The van der Waals surface area contributed by atoms with E-state index in [0.29, 0.717) is 23.3 Å². The van der Waals surface area contributed by atoms with Gasteiger partial charge in [0.2, 0.25) is 0 Å². The van der Waals surface area contributed by atoms with Gasteiger partial charge in [0.15, 0.2) is 6.10 Å². The molecule has 0 bridgehead atoms. The van der Waals surface area contributed by atoms with E-state index >= 15 is 0 Å². The number of rotatable bonds is 8. The predicted octanol–water partition coefficient (Wildman–Crippen LogP) is 2.71. The fourth-order valence-corrected chi connectivity index (χ4v) is 3.08. The van der Waals surface area contributed by atoms with Gasteiger partial charge in [-0.25, -0.2) is 4.98 Å². The van der Waals surface area contributed by atoms with Crippen molar-refractivity contribution in [2.24, 2.45) is 0 Å². The normalized spacial score (nSPS) is 12.9. The maximum atomic E-state index is 12.2. The van der Waals surface area contributed by atoms with Crippen molar-refractivity contribution in [3.63, 3.8) is 0 Å². The largest absolute Gasteiger partial charge is 0.453 e. The first-order valence-electron chi connectivity index (χ1n) is 9.94. The number of esters is 1. The van der Waals surface area contributed by atoms with E-state index < -0.39 is 12.1 Å². The first-order valence-corrected chi connectivity index (χ1v) is 9.94. The molecule has 7 nitrogen and oxygen atoms in total. The monoisotopic (exact) mass is 407 g/mol. The third kappa shape index (κ3) is 5.53. The topological polar surface area (TPSA) is 101 Å². The molecular weight excluding hydrogens is 382 g/mol. The molecule has 7 heteroatoms. The molecule has 0 spiro atoms. The summed E-state index contributed by atoms with van der Waals surface area (Å²) in [6.07, 6.45) is -0.665. The smallest absolute Gasteiger partial charge is 0.307 e.